The highest BCUT2D eigenvalue weighted by Gasteiger charge is 2.10. The average molecular weight is 305 g/mol. The number of hydrogen-bond acceptors (Lipinski definition) is 5. The monoisotopic (exact) mass is 304 g/mol. The van der Waals surface area contributed by atoms with Gasteiger partial charge in [-0.1, -0.05) is 11.6 Å². The minimum absolute atomic E-state index is 0.0162. The van der Waals surface area contributed by atoms with Crippen molar-refractivity contribution in [2.75, 3.05) is 11.1 Å². The molecule has 0 spiro atoms. The molecule has 0 radical (unpaired) electrons. The Bertz CT molecular complexity index is 774. The third-order valence-electron chi connectivity index (χ3n) is 2.79. The summed E-state index contributed by atoms with van der Waals surface area (Å²) in [7, 11) is 0. The summed E-state index contributed by atoms with van der Waals surface area (Å²) < 4.78 is 14.8. The maximum atomic E-state index is 13.1. The van der Waals surface area contributed by atoms with Crippen LogP contribution < -0.4 is 11.1 Å². The molecule has 0 saturated carbocycles. The number of aromatic nitrogens is 4. The van der Waals surface area contributed by atoms with Crippen molar-refractivity contribution in [3.8, 4) is 5.82 Å². The fourth-order valence-electron chi connectivity index (χ4n) is 1.79. The van der Waals surface area contributed by atoms with Crippen LogP contribution in [0.3, 0.4) is 0 Å². The lowest BCUT2D eigenvalue weighted by atomic mass is 10.3. The molecule has 0 aliphatic heterocycles. The van der Waals surface area contributed by atoms with Crippen LogP contribution in [0.2, 0.25) is 5.02 Å². The summed E-state index contributed by atoms with van der Waals surface area (Å²) in [5.74, 6) is 0.409. The van der Waals surface area contributed by atoms with E-state index in [0.717, 1.165) is 0 Å². The Kier molecular flexibility index (Phi) is 3.41. The van der Waals surface area contributed by atoms with Gasteiger partial charge in [-0.3, -0.25) is 4.57 Å². The molecule has 106 valence electrons. The van der Waals surface area contributed by atoms with E-state index in [0.29, 0.717) is 23.0 Å². The Hall–Kier alpha value is -2.67. The van der Waals surface area contributed by atoms with Gasteiger partial charge >= 0.3 is 0 Å². The second-order valence-electron chi connectivity index (χ2n) is 4.18. The molecule has 2 heterocycles. The average Bonchev–Trinajstić information content (AvgIpc) is 2.99. The quantitative estimate of drug-likeness (QED) is 0.777. The Balaban J connectivity index is 1.96. The lowest BCUT2D eigenvalue weighted by Crippen LogP contribution is -2.06. The Labute approximate surface area is 124 Å². The molecule has 0 aliphatic rings. The van der Waals surface area contributed by atoms with Crippen LogP contribution in [0.4, 0.5) is 21.6 Å². The number of halogens is 2. The van der Waals surface area contributed by atoms with Crippen LogP contribution in [0, 0.1) is 5.82 Å². The summed E-state index contributed by atoms with van der Waals surface area (Å²) in [6.45, 7) is 0. The lowest BCUT2D eigenvalue weighted by Gasteiger charge is -2.11. The van der Waals surface area contributed by atoms with Crippen molar-refractivity contribution in [1.82, 2.24) is 19.5 Å². The van der Waals surface area contributed by atoms with Crippen molar-refractivity contribution >= 4 is 28.8 Å². The Morgan fingerprint density at radius 1 is 1.29 bits per heavy atom. The summed E-state index contributed by atoms with van der Waals surface area (Å²) in [5.41, 5.74) is 6.96. The van der Waals surface area contributed by atoms with Gasteiger partial charge in [-0.15, -0.1) is 0 Å². The Morgan fingerprint density at radius 2 is 2.14 bits per heavy atom. The van der Waals surface area contributed by atoms with E-state index in [2.05, 4.69) is 20.3 Å². The SMILES string of the molecule is Nc1c(Nc2ccc(F)c(Cl)c2)ncnc1-n1ccnc1. The summed E-state index contributed by atoms with van der Waals surface area (Å²) >= 11 is 5.74. The maximum Gasteiger partial charge on any atom is 0.166 e. The highest BCUT2D eigenvalue weighted by molar-refractivity contribution is 6.31. The number of nitrogen functional groups attached to an aromatic ring is 1. The fourth-order valence-corrected chi connectivity index (χ4v) is 1.97. The second-order valence-corrected chi connectivity index (χ2v) is 4.59. The normalized spacial score (nSPS) is 10.6. The van der Waals surface area contributed by atoms with E-state index in [1.54, 1.807) is 29.4 Å². The standard InChI is InChI=1S/C13H10ClFN6/c14-9-5-8(1-2-10(9)15)20-12-11(16)13(19-6-18-12)21-4-3-17-7-21/h1-7H,16H2,(H,18,19,20). The van der Waals surface area contributed by atoms with Gasteiger partial charge < -0.3 is 11.1 Å². The molecule has 0 fully saturated rings. The molecule has 0 bridgehead atoms. The predicted molar refractivity (Wildman–Crippen MR) is 78.3 cm³/mol. The first-order valence-corrected chi connectivity index (χ1v) is 6.34. The zero-order chi connectivity index (χ0) is 14.8. The molecule has 1 aromatic carbocycles. The summed E-state index contributed by atoms with van der Waals surface area (Å²) in [5, 5.41) is 3.00. The summed E-state index contributed by atoms with van der Waals surface area (Å²) in [6.07, 6.45) is 6.29. The van der Waals surface area contributed by atoms with Crippen LogP contribution in [-0.4, -0.2) is 19.5 Å². The van der Waals surface area contributed by atoms with E-state index in [1.165, 1.54) is 18.5 Å². The Morgan fingerprint density at radius 3 is 2.86 bits per heavy atom. The minimum atomic E-state index is -0.489. The molecule has 0 aliphatic carbocycles. The van der Waals surface area contributed by atoms with Crippen molar-refractivity contribution in [3.05, 3.63) is 54.1 Å². The van der Waals surface area contributed by atoms with Crippen LogP contribution in [0.1, 0.15) is 0 Å². The van der Waals surface area contributed by atoms with Crippen molar-refractivity contribution in [2.24, 2.45) is 0 Å². The molecule has 2 aromatic heterocycles. The molecule has 0 saturated heterocycles. The van der Waals surface area contributed by atoms with Crippen LogP contribution in [0.25, 0.3) is 5.82 Å². The van der Waals surface area contributed by atoms with Crippen molar-refractivity contribution in [2.45, 2.75) is 0 Å². The van der Waals surface area contributed by atoms with E-state index in [9.17, 15) is 4.39 Å². The van der Waals surface area contributed by atoms with Gasteiger partial charge in [0.05, 0.1) is 5.02 Å². The molecular formula is C13H10ClFN6. The molecule has 0 amide bonds. The van der Waals surface area contributed by atoms with E-state index >= 15 is 0 Å². The first-order chi connectivity index (χ1) is 10.1. The largest absolute Gasteiger partial charge is 0.393 e. The molecule has 3 N–H and O–H groups in total. The summed E-state index contributed by atoms with van der Waals surface area (Å²) in [6, 6.07) is 4.26. The number of benzene rings is 1. The van der Waals surface area contributed by atoms with E-state index in [-0.39, 0.29) is 5.02 Å². The van der Waals surface area contributed by atoms with Crippen molar-refractivity contribution < 1.29 is 4.39 Å². The molecule has 0 atom stereocenters. The highest BCUT2D eigenvalue weighted by atomic mass is 35.5. The minimum Gasteiger partial charge on any atom is -0.393 e. The van der Waals surface area contributed by atoms with Crippen molar-refractivity contribution in [3.63, 3.8) is 0 Å². The predicted octanol–water partition coefficient (Wildman–Crippen LogP) is 2.78. The van der Waals surface area contributed by atoms with E-state index < -0.39 is 5.82 Å². The van der Waals surface area contributed by atoms with Crippen LogP contribution in [0.5, 0.6) is 0 Å². The van der Waals surface area contributed by atoms with Crippen LogP contribution >= 0.6 is 11.6 Å². The number of nitrogens with zero attached hydrogens (tertiary/aromatic N) is 4. The van der Waals surface area contributed by atoms with Gasteiger partial charge in [0.15, 0.2) is 11.6 Å². The number of nitrogens with two attached hydrogens (primary N) is 1. The molecule has 0 unspecified atom stereocenters. The second kappa shape index (κ2) is 5.37. The smallest absolute Gasteiger partial charge is 0.166 e. The molecule has 3 rings (SSSR count). The van der Waals surface area contributed by atoms with E-state index in [1.807, 2.05) is 0 Å². The van der Waals surface area contributed by atoms with Gasteiger partial charge in [0.1, 0.15) is 24.2 Å². The molecule has 3 aromatic rings. The number of nitrogens with one attached hydrogen (secondary N) is 1. The molecular weight excluding hydrogens is 295 g/mol. The highest BCUT2D eigenvalue weighted by Crippen LogP contribution is 2.26. The molecule has 6 nitrogen and oxygen atoms in total. The number of hydrogen-bond donors (Lipinski definition) is 2. The van der Waals surface area contributed by atoms with Crippen molar-refractivity contribution in [1.29, 1.82) is 0 Å². The molecule has 21 heavy (non-hydrogen) atoms. The topological polar surface area (TPSA) is 81.6 Å². The zero-order valence-corrected chi connectivity index (χ0v) is 11.4. The third kappa shape index (κ3) is 2.63. The fraction of sp³-hybridized carbons (Fsp3) is 0. The number of rotatable bonds is 3. The maximum absolute atomic E-state index is 13.1. The van der Waals surface area contributed by atoms with Gasteiger partial charge in [0, 0.05) is 18.1 Å². The van der Waals surface area contributed by atoms with Gasteiger partial charge in [-0.25, -0.2) is 19.3 Å². The van der Waals surface area contributed by atoms with Gasteiger partial charge in [0.2, 0.25) is 0 Å². The van der Waals surface area contributed by atoms with E-state index in [4.69, 9.17) is 17.3 Å². The zero-order valence-electron chi connectivity index (χ0n) is 10.7. The molecule has 8 heteroatoms. The number of anilines is 3. The first-order valence-electron chi connectivity index (χ1n) is 5.96. The first kappa shape index (κ1) is 13.3. The van der Waals surface area contributed by atoms with Gasteiger partial charge in [-0.05, 0) is 18.2 Å². The van der Waals surface area contributed by atoms with Crippen LogP contribution in [-0.2, 0) is 0 Å². The number of imidazole rings is 1. The summed E-state index contributed by atoms with van der Waals surface area (Å²) in [4.78, 5) is 12.1. The lowest BCUT2D eigenvalue weighted by molar-refractivity contribution is 0.628. The van der Waals surface area contributed by atoms with Gasteiger partial charge in [0.25, 0.3) is 0 Å². The third-order valence-corrected chi connectivity index (χ3v) is 3.08. The van der Waals surface area contributed by atoms with Crippen LogP contribution in [0.15, 0.2) is 43.2 Å². The van der Waals surface area contributed by atoms with Gasteiger partial charge in [-0.2, -0.15) is 0 Å².